The summed E-state index contributed by atoms with van der Waals surface area (Å²) in [6.07, 6.45) is 1.98. The van der Waals surface area contributed by atoms with Gasteiger partial charge in [-0.25, -0.2) is 4.98 Å². The lowest BCUT2D eigenvalue weighted by atomic mass is 9.97. The van der Waals surface area contributed by atoms with Crippen LogP contribution in [-0.4, -0.2) is 15.0 Å². The fourth-order valence-corrected chi connectivity index (χ4v) is 8.01. The Morgan fingerprint density at radius 2 is 1.04 bits per heavy atom. The summed E-state index contributed by atoms with van der Waals surface area (Å²) in [6.45, 7) is 0. The predicted molar refractivity (Wildman–Crippen MR) is 232 cm³/mol. The maximum atomic E-state index is 5.13. The highest BCUT2D eigenvalue weighted by molar-refractivity contribution is 6.13. The van der Waals surface area contributed by atoms with Gasteiger partial charge in [-0.3, -0.25) is 4.98 Å². The highest BCUT2D eigenvalue weighted by atomic mass is 16.3. The molecule has 0 aliphatic heterocycles. The van der Waals surface area contributed by atoms with Crippen molar-refractivity contribution in [1.29, 1.82) is 0 Å². The van der Waals surface area contributed by atoms with E-state index in [4.69, 9.17) is 19.4 Å². The topological polar surface area (TPSA) is 65.6 Å². The average molecular weight is 731 g/mol. The van der Waals surface area contributed by atoms with Crippen molar-refractivity contribution in [3.63, 3.8) is 0 Å². The molecule has 0 saturated heterocycles. The van der Waals surface area contributed by atoms with Crippen LogP contribution in [0.5, 0.6) is 0 Å². The molecule has 266 valence electrons. The summed E-state index contributed by atoms with van der Waals surface area (Å²) in [5.41, 5.74) is 11.2. The number of aromatic amines is 1. The van der Waals surface area contributed by atoms with E-state index in [1.165, 1.54) is 27.1 Å². The van der Waals surface area contributed by atoms with Gasteiger partial charge in [0.1, 0.15) is 0 Å². The van der Waals surface area contributed by atoms with Gasteiger partial charge in [-0.05, 0) is 81.2 Å². The van der Waals surface area contributed by atoms with E-state index in [0.29, 0.717) is 5.82 Å². The molecule has 0 spiro atoms. The van der Waals surface area contributed by atoms with Crippen LogP contribution in [0.1, 0.15) is 0 Å². The van der Waals surface area contributed by atoms with Crippen LogP contribution in [0.4, 0.5) is 0 Å². The van der Waals surface area contributed by atoms with Crippen LogP contribution in [0.25, 0.3) is 111 Å². The first-order chi connectivity index (χ1) is 28.2. The standard InChI is InChI=1S/C52H32N4O/c1-3-10-33(11-4-1)34-18-21-37(22-19-34)51-54-50(36-13-5-2-6-14-36)55-52(56-51)40-26-29-47-45(31-40)49-44(16-9-17-48(49)57-47)41-25-28-46(53-32-41)39-24-27-43-38(30-39)23-20-35-12-7-8-15-42(35)43/h1-32H/p+2. The fraction of sp³-hybridized carbons (Fsp3) is 0. The molecule has 0 saturated carbocycles. The zero-order valence-electron chi connectivity index (χ0n) is 30.8. The number of pyridine rings is 1. The Morgan fingerprint density at radius 3 is 1.84 bits per heavy atom. The number of H-pyrrole nitrogens is 1. The third kappa shape index (κ3) is 5.90. The van der Waals surface area contributed by atoms with E-state index < -0.39 is 0 Å². The van der Waals surface area contributed by atoms with E-state index in [2.05, 4.69) is 169 Å². The summed E-state index contributed by atoms with van der Waals surface area (Å²) in [4.78, 5) is 18.7. The molecule has 5 nitrogen and oxygen atoms in total. The molecule has 0 radical (unpaired) electrons. The molecular weight excluding hydrogens is 697 g/mol. The molecule has 0 aliphatic rings. The molecule has 57 heavy (non-hydrogen) atoms. The molecule has 5 heteroatoms. The van der Waals surface area contributed by atoms with Crippen molar-refractivity contribution < 1.29 is 9.40 Å². The van der Waals surface area contributed by atoms with Gasteiger partial charge in [0.25, 0.3) is 22.8 Å². The first kappa shape index (κ1) is 32.7. The summed E-state index contributed by atoms with van der Waals surface area (Å²) >= 11 is 0. The Morgan fingerprint density at radius 1 is 0.386 bits per heavy atom. The highest BCUT2D eigenvalue weighted by Gasteiger charge is 2.23. The average Bonchev–Trinajstić information content (AvgIpc) is 3.68. The van der Waals surface area contributed by atoms with Gasteiger partial charge in [0, 0.05) is 35.0 Å². The smallest absolute Gasteiger partial charge is 0.308 e. The Kier molecular flexibility index (Phi) is 7.74. The van der Waals surface area contributed by atoms with E-state index >= 15 is 0 Å². The Bertz CT molecular complexity index is 3270. The van der Waals surface area contributed by atoms with Crippen LogP contribution in [-0.2, 0) is 0 Å². The van der Waals surface area contributed by atoms with E-state index in [1.54, 1.807) is 0 Å². The molecule has 0 unspecified atom stereocenters. The molecule has 3 aromatic heterocycles. The number of nitrogens with zero attached hydrogens (tertiary/aromatic N) is 3. The largest absolute Gasteiger partial charge is 0.545 e. The van der Waals surface area contributed by atoms with Crippen molar-refractivity contribution in [2.45, 2.75) is 0 Å². The van der Waals surface area contributed by atoms with Crippen LogP contribution in [0.2, 0.25) is 0 Å². The first-order valence-electron chi connectivity index (χ1n) is 19.1. The monoisotopic (exact) mass is 730 g/mol. The number of rotatable bonds is 6. The molecule has 11 rings (SSSR count). The van der Waals surface area contributed by atoms with Gasteiger partial charge in [0.15, 0.2) is 0 Å². The van der Waals surface area contributed by atoms with E-state index in [-0.39, 0.29) is 0 Å². The lowest BCUT2D eigenvalue weighted by Gasteiger charge is -2.08. The Balaban J connectivity index is 0.985. The van der Waals surface area contributed by atoms with Crippen LogP contribution in [0.15, 0.2) is 199 Å². The summed E-state index contributed by atoms with van der Waals surface area (Å²) in [7, 11) is 0. The van der Waals surface area contributed by atoms with Gasteiger partial charge in [-0.15, -0.1) is 0 Å². The predicted octanol–water partition coefficient (Wildman–Crippen LogP) is 13.0. The second kappa shape index (κ2) is 13.5. The number of hydrogen-bond acceptors (Lipinski definition) is 3. The summed E-state index contributed by atoms with van der Waals surface area (Å²) < 4.78 is 5.05. The van der Waals surface area contributed by atoms with Crippen molar-refractivity contribution >= 4 is 43.5 Å². The Labute approximate surface area is 328 Å². The fourth-order valence-electron chi connectivity index (χ4n) is 8.01. The van der Waals surface area contributed by atoms with Crippen molar-refractivity contribution in [2.24, 2.45) is 0 Å². The zero-order chi connectivity index (χ0) is 37.7. The van der Waals surface area contributed by atoms with E-state index in [1.807, 2.05) is 30.5 Å². The van der Waals surface area contributed by atoms with Crippen LogP contribution in [0, 0.1) is 0 Å². The van der Waals surface area contributed by atoms with Gasteiger partial charge in [-0.2, -0.15) is 0 Å². The van der Waals surface area contributed by atoms with Gasteiger partial charge >= 0.3 is 5.82 Å². The van der Waals surface area contributed by atoms with Gasteiger partial charge in [-0.1, -0.05) is 137 Å². The zero-order valence-corrected chi connectivity index (χ0v) is 30.8. The van der Waals surface area contributed by atoms with Crippen LogP contribution >= 0.6 is 0 Å². The summed E-state index contributed by atoms with van der Waals surface area (Å²) in [5, 5.41) is 7.12. The summed E-state index contributed by atoms with van der Waals surface area (Å²) in [6, 6.07) is 65.6. The minimum atomic E-state index is 0.652. The quantitative estimate of drug-likeness (QED) is 0.126. The number of fused-ring (bicyclic) bond motifs is 6. The van der Waals surface area contributed by atoms with E-state index in [9.17, 15) is 0 Å². The lowest BCUT2D eigenvalue weighted by Crippen LogP contribution is -2.17. The second-order valence-corrected chi connectivity index (χ2v) is 14.4. The molecule has 0 atom stereocenters. The molecule has 0 bridgehead atoms. The molecule has 0 aliphatic carbocycles. The maximum absolute atomic E-state index is 5.13. The molecule has 8 aromatic carbocycles. The third-order valence-electron chi connectivity index (χ3n) is 10.9. The van der Waals surface area contributed by atoms with Crippen LogP contribution in [0.3, 0.4) is 0 Å². The van der Waals surface area contributed by atoms with Crippen molar-refractivity contribution in [2.75, 3.05) is 0 Å². The van der Waals surface area contributed by atoms with Gasteiger partial charge in [0.2, 0.25) is 0 Å². The number of benzene rings is 8. The number of hydrogen-bond donors (Lipinski definition) is 0. The highest BCUT2D eigenvalue weighted by Crippen LogP contribution is 2.39. The maximum Gasteiger partial charge on any atom is 0.308 e. The minimum Gasteiger partial charge on any atom is -0.545 e. The molecule has 3 heterocycles. The van der Waals surface area contributed by atoms with Crippen molar-refractivity contribution in [1.82, 2.24) is 15.0 Å². The minimum absolute atomic E-state index is 0.652. The van der Waals surface area contributed by atoms with Gasteiger partial charge < -0.3 is 4.42 Å². The lowest BCUT2D eigenvalue weighted by molar-refractivity contribution is -0.359. The van der Waals surface area contributed by atoms with Gasteiger partial charge in [0.05, 0.1) is 33.2 Å². The number of furan rings is 1. The van der Waals surface area contributed by atoms with Crippen molar-refractivity contribution in [3.8, 4) is 67.7 Å². The normalized spacial score (nSPS) is 11.5. The summed E-state index contributed by atoms with van der Waals surface area (Å²) in [5.74, 6) is 2.13. The number of nitrogens with one attached hydrogen (secondary N) is 1. The second-order valence-electron chi connectivity index (χ2n) is 14.4. The molecule has 0 fully saturated rings. The SMILES string of the molecule is c1ccc(-c2ccc(-c3nc(-c4ccccc4)[nH+]c(-c4ccc5[oH+]c6cccc(-c7ccc(-c8ccc9c(ccc%10ccccc%109)c8)nc7)c6c5c4)n3)cc2)cc1. The number of aromatic nitrogens is 4. The Hall–Kier alpha value is -7.76. The van der Waals surface area contributed by atoms with Crippen molar-refractivity contribution in [3.05, 3.63) is 194 Å². The first-order valence-corrected chi connectivity index (χ1v) is 19.1. The molecule has 11 aromatic rings. The molecular formula is C52H34N4O+2. The third-order valence-corrected chi connectivity index (χ3v) is 10.9. The molecule has 0 amide bonds. The van der Waals surface area contributed by atoms with Crippen LogP contribution < -0.4 is 4.98 Å². The molecule has 2 N–H and O–H groups in total. The van der Waals surface area contributed by atoms with E-state index in [0.717, 1.165) is 78.2 Å².